The van der Waals surface area contributed by atoms with Gasteiger partial charge in [-0.25, -0.2) is 21.9 Å². The van der Waals surface area contributed by atoms with Crippen molar-refractivity contribution in [3.8, 4) is 0 Å². The highest BCUT2D eigenvalue weighted by Gasteiger charge is 2.27. The molecule has 1 unspecified atom stereocenters. The Bertz CT molecular complexity index is 642. The third kappa shape index (κ3) is 5.70. The molecule has 1 atom stereocenters. The standard InChI is InChI=1S/C15H27F2N5O2S/c1-12(2)14(21-6-4-20(3)5-7-21)9-19-25(23,24)13-8-18-22(10-13)11-15(16)17/h8,10,12,14-15,19H,4-7,9,11H2,1-3H3. The second-order valence-corrected chi connectivity index (χ2v) is 8.56. The average Bonchev–Trinajstić information content (AvgIpc) is 2.97. The van der Waals surface area contributed by atoms with Crippen molar-refractivity contribution >= 4 is 10.0 Å². The van der Waals surface area contributed by atoms with Gasteiger partial charge >= 0.3 is 0 Å². The summed E-state index contributed by atoms with van der Waals surface area (Å²) in [6.45, 7) is 7.50. The molecular formula is C15H27F2N5O2S. The molecule has 144 valence electrons. The molecule has 0 amide bonds. The van der Waals surface area contributed by atoms with Gasteiger partial charge in [0.15, 0.2) is 0 Å². The maximum absolute atomic E-state index is 12.4. The Balaban J connectivity index is 1.99. The van der Waals surface area contributed by atoms with Crippen LogP contribution in [0.15, 0.2) is 17.3 Å². The number of aromatic nitrogens is 2. The molecule has 0 spiro atoms. The smallest absolute Gasteiger partial charge is 0.257 e. The van der Waals surface area contributed by atoms with Crippen molar-refractivity contribution in [2.24, 2.45) is 5.92 Å². The van der Waals surface area contributed by atoms with Crippen LogP contribution >= 0.6 is 0 Å². The first-order valence-electron chi connectivity index (χ1n) is 8.42. The van der Waals surface area contributed by atoms with E-state index in [1.807, 2.05) is 0 Å². The van der Waals surface area contributed by atoms with Crippen LogP contribution in [-0.2, 0) is 16.6 Å². The second kappa shape index (κ2) is 8.52. The molecular weight excluding hydrogens is 352 g/mol. The lowest BCUT2D eigenvalue weighted by atomic mass is 10.0. The molecule has 1 N–H and O–H groups in total. The predicted octanol–water partition coefficient (Wildman–Crippen LogP) is 0.699. The van der Waals surface area contributed by atoms with Gasteiger partial charge in [0, 0.05) is 45.0 Å². The van der Waals surface area contributed by atoms with E-state index in [2.05, 4.69) is 40.5 Å². The minimum Gasteiger partial charge on any atom is -0.304 e. The van der Waals surface area contributed by atoms with Crippen molar-refractivity contribution in [2.45, 2.75) is 37.8 Å². The van der Waals surface area contributed by atoms with Crippen LogP contribution in [0.2, 0.25) is 0 Å². The van der Waals surface area contributed by atoms with Gasteiger partial charge in [-0.3, -0.25) is 9.58 Å². The molecule has 1 aliphatic heterocycles. The molecule has 1 saturated heterocycles. The van der Waals surface area contributed by atoms with Crippen LogP contribution in [0.4, 0.5) is 8.78 Å². The van der Waals surface area contributed by atoms with Gasteiger partial charge in [-0.05, 0) is 13.0 Å². The summed E-state index contributed by atoms with van der Waals surface area (Å²) in [4.78, 5) is 4.46. The molecule has 1 aromatic rings. The lowest BCUT2D eigenvalue weighted by molar-refractivity contribution is 0.0905. The van der Waals surface area contributed by atoms with E-state index in [4.69, 9.17) is 0 Å². The molecule has 1 aromatic heterocycles. The number of nitrogens with zero attached hydrogens (tertiary/aromatic N) is 4. The number of hydrogen-bond acceptors (Lipinski definition) is 5. The normalized spacial score (nSPS) is 19.0. The lowest BCUT2D eigenvalue weighted by Gasteiger charge is -2.39. The number of hydrogen-bond donors (Lipinski definition) is 1. The van der Waals surface area contributed by atoms with Crippen LogP contribution in [0.25, 0.3) is 0 Å². The largest absolute Gasteiger partial charge is 0.304 e. The fraction of sp³-hybridized carbons (Fsp3) is 0.800. The van der Waals surface area contributed by atoms with E-state index in [0.717, 1.165) is 43.3 Å². The fourth-order valence-electron chi connectivity index (χ4n) is 2.94. The second-order valence-electron chi connectivity index (χ2n) is 6.79. The molecule has 0 aromatic carbocycles. The summed E-state index contributed by atoms with van der Waals surface area (Å²) in [5.41, 5.74) is 0. The number of likely N-dealkylation sites (N-methyl/N-ethyl adjacent to an activating group) is 1. The first-order chi connectivity index (χ1) is 11.7. The topological polar surface area (TPSA) is 70.5 Å². The van der Waals surface area contributed by atoms with Crippen LogP contribution < -0.4 is 4.72 Å². The van der Waals surface area contributed by atoms with Gasteiger partial charge in [-0.2, -0.15) is 5.10 Å². The maximum atomic E-state index is 12.4. The molecule has 10 heteroatoms. The van der Waals surface area contributed by atoms with E-state index in [1.165, 1.54) is 0 Å². The molecule has 1 fully saturated rings. The summed E-state index contributed by atoms with van der Waals surface area (Å²) in [7, 11) is -1.70. The molecule has 0 bridgehead atoms. The lowest BCUT2D eigenvalue weighted by Crippen LogP contribution is -2.54. The summed E-state index contributed by atoms with van der Waals surface area (Å²) in [5, 5.41) is 3.68. The first-order valence-corrected chi connectivity index (χ1v) is 9.90. The van der Waals surface area contributed by atoms with Crippen LogP contribution in [0.3, 0.4) is 0 Å². The first kappa shape index (κ1) is 20.2. The molecule has 0 radical (unpaired) electrons. The van der Waals surface area contributed by atoms with E-state index in [1.54, 1.807) is 0 Å². The Labute approximate surface area is 148 Å². The van der Waals surface area contributed by atoms with Crippen molar-refractivity contribution in [2.75, 3.05) is 39.8 Å². The molecule has 1 aliphatic rings. The Hall–Kier alpha value is -1.10. The van der Waals surface area contributed by atoms with E-state index in [9.17, 15) is 17.2 Å². The SMILES string of the molecule is CC(C)C(CNS(=O)(=O)c1cnn(CC(F)F)c1)N1CCN(C)CC1. The van der Waals surface area contributed by atoms with Crippen LogP contribution in [0.1, 0.15) is 13.8 Å². The van der Waals surface area contributed by atoms with Gasteiger partial charge in [0.25, 0.3) is 6.43 Å². The molecule has 2 rings (SSSR count). The third-order valence-corrected chi connectivity index (χ3v) is 5.88. The summed E-state index contributed by atoms with van der Waals surface area (Å²) < 4.78 is 53.1. The fourth-order valence-corrected chi connectivity index (χ4v) is 3.95. The average molecular weight is 379 g/mol. The highest BCUT2D eigenvalue weighted by atomic mass is 32.2. The predicted molar refractivity (Wildman–Crippen MR) is 91.1 cm³/mol. The van der Waals surface area contributed by atoms with E-state index < -0.39 is 23.0 Å². The van der Waals surface area contributed by atoms with E-state index in [0.29, 0.717) is 0 Å². The highest BCUT2D eigenvalue weighted by molar-refractivity contribution is 7.89. The zero-order valence-corrected chi connectivity index (χ0v) is 15.7. The van der Waals surface area contributed by atoms with Gasteiger partial charge in [0.05, 0.1) is 6.20 Å². The Kier molecular flexibility index (Phi) is 6.89. The molecule has 25 heavy (non-hydrogen) atoms. The van der Waals surface area contributed by atoms with Gasteiger partial charge < -0.3 is 4.90 Å². The monoisotopic (exact) mass is 379 g/mol. The summed E-state index contributed by atoms with van der Waals surface area (Å²) in [6, 6.07) is 0.0829. The van der Waals surface area contributed by atoms with Crippen LogP contribution in [-0.4, -0.2) is 80.2 Å². The minimum absolute atomic E-state index is 0.0829. The quantitative estimate of drug-likeness (QED) is 0.720. The molecule has 0 saturated carbocycles. The number of nitrogens with one attached hydrogen (secondary N) is 1. The van der Waals surface area contributed by atoms with Gasteiger partial charge in [0.1, 0.15) is 11.4 Å². The van der Waals surface area contributed by atoms with Crippen LogP contribution in [0, 0.1) is 5.92 Å². The number of rotatable bonds is 8. The Morgan fingerprint density at radius 3 is 2.44 bits per heavy atom. The molecule has 2 heterocycles. The Morgan fingerprint density at radius 1 is 1.24 bits per heavy atom. The maximum Gasteiger partial charge on any atom is 0.257 e. The number of alkyl halides is 2. The van der Waals surface area contributed by atoms with E-state index in [-0.39, 0.29) is 23.4 Å². The van der Waals surface area contributed by atoms with Crippen molar-refractivity contribution in [3.05, 3.63) is 12.4 Å². The van der Waals surface area contributed by atoms with Gasteiger partial charge in [-0.1, -0.05) is 13.8 Å². The zero-order valence-electron chi connectivity index (χ0n) is 14.9. The van der Waals surface area contributed by atoms with Crippen molar-refractivity contribution in [1.82, 2.24) is 24.3 Å². The molecule has 7 nitrogen and oxygen atoms in total. The van der Waals surface area contributed by atoms with Gasteiger partial charge in [-0.15, -0.1) is 0 Å². The summed E-state index contributed by atoms with van der Waals surface area (Å²) >= 11 is 0. The van der Waals surface area contributed by atoms with E-state index >= 15 is 0 Å². The van der Waals surface area contributed by atoms with Crippen molar-refractivity contribution in [1.29, 1.82) is 0 Å². The van der Waals surface area contributed by atoms with Crippen molar-refractivity contribution in [3.63, 3.8) is 0 Å². The highest BCUT2D eigenvalue weighted by Crippen LogP contribution is 2.15. The molecule has 0 aliphatic carbocycles. The summed E-state index contributed by atoms with van der Waals surface area (Å²) in [5.74, 6) is 0.285. The number of sulfonamides is 1. The minimum atomic E-state index is -3.77. The third-order valence-electron chi connectivity index (χ3n) is 4.50. The zero-order chi connectivity index (χ0) is 18.6. The Morgan fingerprint density at radius 2 is 1.88 bits per heavy atom. The van der Waals surface area contributed by atoms with Crippen LogP contribution in [0.5, 0.6) is 0 Å². The number of piperazine rings is 1. The van der Waals surface area contributed by atoms with Gasteiger partial charge in [0.2, 0.25) is 10.0 Å². The van der Waals surface area contributed by atoms with Crippen molar-refractivity contribution < 1.29 is 17.2 Å². The summed E-state index contributed by atoms with van der Waals surface area (Å²) in [6.07, 6.45) is -0.342. The number of halogens is 2.